The minimum atomic E-state index is 0.578. The zero-order valence-electron chi connectivity index (χ0n) is 13.3. The van der Waals surface area contributed by atoms with Crippen LogP contribution in [0.2, 0.25) is 0 Å². The second kappa shape index (κ2) is 7.43. The summed E-state index contributed by atoms with van der Waals surface area (Å²) in [7, 11) is 0. The zero-order valence-corrected chi connectivity index (χ0v) is 13.3. The van der Waals surface area contributed by atoms with E-state index in [9.17, 15) is 0 Å². The van der Waals surface area contributed by atoms with E-state index in [-0.39, 0.29) is 0 Å². The Bertz CT molecular complexity index is 421. The smallest absolute Gasteiger partial charge is 0.0594 e. The normalized spacial score (nSPS) is 21.6. The van der Waals surface area contributed by atoms with Crippen molar-refractivity contribution in [2.24, 2.45) is 5.92 Å². The van der Waals surface area contributed by atoms with E-state index in [2.05, 4.69) is 40.2 Å². The van der Waals surface area contributed by atoms with Crippen molar-refractivity contribution < 1.29 is 4.74 Å². The van der Waals surface area contributed by atoms with Crippen LogP contribution in [-0.2, 0) is 11.3 Å². The molecule has 4 heteroatoms. The lowest BCUT2D eigenvalue weighted by atomic mass is 10.1. The molecule has 1 aromatic heterocycles. The standard InChI is InChI=1S/C17H29N3O/c1-2-6-18-17(15-3-4-15)16-5-7-20(14-16)9-8-19-10-12-21-13-11-19/h5,7,14-15,17-18H,2-4,6,8-13H2,1H3. The molecule has 3 rings (SSSR count). The van der Waals surface area contributed by atoms with Crippen LogP contribution in [0.3, 0.4) is 0 Å². The summed E-state index contributed by atoms with van der Waals surface area (Å²) < 4.78 is 7.76. The first-order chi connectivity index (χ1) is 10.4. The van der Waals surface area contributed by atoms with Crippen molar-refractivity contribution >= 4 is 0 Å². The molecular formula is C17H29N3O. The van der Waals surface area contributed by atoms with Crippen molar-refractivity contribution in [3.8, 4) is 0 Å². The first-order valence-corrected chi connectivity index (χ1v) is 8.56. The third-order valence-corrected chi connectivity index (χ3v) is 4.62. The van der Waals surface area contributed by atoms with Crippen LogP contribution >= 0.6 is 0 Å². The summed E-state index contributed by atoms with van der Waals surface area (Å²) in [5.41, 5.74) is 1.48. The first kappa shape index (κ1) is 15.1. The van der Waals surface area contributed by atoms with Crippen molar-refractivity contribution in [3.63, 3.8) is 0 Å². The molecule has 1 aromatic rings. The lowest BCUT2D eigenvalue weighted by Gasteiger charge is -2.26. The Morgan fingerprint density at radius 3 is 2.81 bits per heavy atom. The third-order valence-electron chi connectivity index (χ3n) is 4.62. The summed E-state index contributed by atoms with van der Waals surface area (Å²) in [6.45, 7) is 9.53. The lowest BCUT2D eigenvalue weighted by molar-refractivity contribution is 0.0364. The summed E-state index contributed by atoms with van der Waals surface area (Å²) in [4.78, 5) is 2.50. The summed E-state index contributed by atoms with van der Waals surface area (Å²) in [5, 5.41) is 3.73. The van der Waals surface area contributed by atoms with E-state index >= 15 is 0 Å². The van der Waals surface area contributed by atoms with E-state index in [0.717, 1.165) is 51.9 Å². The van der Waals surface area contributed by atoms with Gasteiger partial charge in [0.05, 0.1) is 13.2 Å². The van der Waals surface area contributed by atoms with E-state index in [4.69, 9.17) is 4.74 Å². The van der Waals surface area contributed by atoms with Gasteiger partial charge in [0.1, 0.15) is 0 Å². The molecule has 2 fully saturated rings. The van der Waals surface area contributed by atoms with Gasteiger partial charge in [-0.05, 0) is 43.4 Å². The van der Waals surface area contributed by atoms with Gasteiger partial charge >= 0.3 is 0 Å². The van der Waals surface area contributed by atoms with Crippen LogP contribution in [0.4, 0.5) is 0 Å². The largest absolute Gasteiger partial charge is 0.379 e. The maximum atomic E-state index is 5.40. The van der Waals surface area contributed by atoms with Gasteiger partial charge in [0.15, 0.2) is 0 Å². The number of nitrogens with one attached hydrogen (secondary N) is 1. The van der Waals surface area contributed by atoms with Gasteiger partial charge in [0.25, 0.3) is 0 Å². The summed E-state index contributed by atoms with van der Waals surface area (Å²) >= 11 is 0. The molecule has 1 saturated heterocycles. The molecule has 0 bridgehead atoms. The van der Waals surface area contributed by atoms with Gasteiger partial charge in [-0.15, -0.1) is 0 Å². The molecule has 21 heavy (non-hydrogen) atoms. The number of hydrogen-bond donors (Lipinski definition) is 1. The van der Waals surface area contributed by atoms with E-state index in [1.807, 2.05) is 0 Å². The highest BCUT2D eigenvalue weighted by Gasteiger charge is 2.32. The Balaban J connectivity index is 1.51. The highest BCUT2D eigenvalue weighted by molar-refractivity contribution is 5.18. The summed E-state index contributed by atoms with van der Waals surface area (Å²) in [5.74, 6) is 0.867. The van der Waals surface area contributed by atoms with Crippen LogP contribution in [-0.4, -0.2) is 48.9 Å². The molecule has 0 amide bonds. The number of morpholine rings is 1. The molecule has 4 nitrogen and oxygen atoms in total. The van der Waals surface area contributed by atoms with Gasteiger partial charge < -0.3 is 14.6 Å². The Morgan fingerprint density at radius 1 is 1.29 bits per heavy atom. The Labute approximate surface area is 128 Å². The Hall–Kier alpha value is -0.840. The molecule has 1 unspecified atom stereocenters. The second-order valence-electron chi connectivity index (χ2n) is 6.41. The summed E-state index contributed by atoms with van der Waals surface area (Å²) in [6.07, 6.45) is 8.59. The molecule has 1 N–H and O–H groups in total. The SMILES string of the molecule is CCCNC(c1ccn(CCN2CCOCC2)c1)C1CC1. The van der Waals surface area contributed by atoms with E-state index in [0.29, 0.717) is 6.04 Å². The van der Waals surface area contributed by atoms with Crippen LogP contribution in [0.5, 0.6) is 0 Å². The number of nitrogens with zero attached hydrogens (tertiary/aromatic N) is 2. The first-order valence-electron chi connectivity index (χ1n) is 8.56. The average Bonchev–Trinajstić information content (AvgIpc) is 3.25. The predicted octanol–water partition coefficient (Wildman–Crippen LogP) is 2.27. The third kappa shape index (κ3) is 4.31. The van der Waals surface area contributed by atoms with E-state index in [1.165, 1.54) is 24.8 Å². The Morgan fingerprint density at radius 2 is 2.10 bits per heavy atom. The highest BCUT2D eigenvalue weighted by Crippen LogP contribution is 2.41. The predicted molar refractivity (Wildman–Crippen MR) is 85.4 cm³/mol. The van der Waals surface area contributed by atoms with Gasteiger partial charge in [-0.25, -0.2) is 0 Å². The zero-order chi connectivity index (χ0) is 14.5. The van der Waals surface area contributed by atoms with Gasteiger partial charge in [-0.3, -0.25) is 4.90 Å². The van der Waals surface area contributed by atoms with Crippen LogP contribution < -0.4 is 5.32 Å². The lowest BCUT2D eigenvalue weighted by Crippen LogP contribution is -2.38. The van der Waals surface area contributed by atoms with Gasteiger partial charge in [-0.1, -0.05) is 6.92 Å². The highest BCUT2D eigenvalue weighted by atomic mass is 16.5. The number of aromatic nitrogens is 1. The molecule has 0 aromatic carbocycles. The van der Waals surface area contributed by atoms with Crippen molar-refractivity contribution in [2.45, 2.75) is 38.8 Å². The molecule has 2 heterocycles. The monoisotopic (exact) mass is 291 g/mol. The second-order valence-corrected chi connectivity index (χ2v) is 6.41. The molecule has 0 spiro atoms. The number of ether oxygens (including phenoxy) is 1. The molecule has 2 aliphatic rings. The summed E-state index contributed by atoms with van der Waals surface area (Å²) in [6, 6.07) is 2.89. The van der Waals surface area contributed by atoms with Crippen LogP contribution in [0.25, 0.3) is 0 Å². The molecule has 1 aliphatic carbocycles. The minimum Gasteiger partial charge on any atom is -0.379 e. The van der Waals surface area contributed by atoms with Crippen molar-refractivity contribution in [1.82, 2.24) is 14.8 Å². The van der Waals surface area contributed by atoms with Crippen molar-refractivity contribution in [1.29, 1.82) is 0 Å². The maximum Gasteiger partial charge on any atom is 0.0594 e. The molecule has 1 saturated carbocycles. The van der Waals surface area contributed by atoms with Gasteiger partial charge in [-0.2, -0.15) is 0 Å². The fraction of sp³-hybridized carbons (Fsp3) is 0.765. The van der Waals surface area contributed by atoms with E-state index < -0.39 is 0 Å². The van der Waals surface area contributed by atoms with Crippen LogP contribution in [0.1, 0.15) is 37.8 Å². The minimum absolute atomic E-state index is 0.578. The fourth-order valence-corrected chi connectivity index (χ4v) is 3.15. The maximum absolute atomic E-state index is 5.40. The van der Waals surface area contributed by atoms with Crippen LogP contribution in [0.15, 0.2) is 18.5 Å². The quantitative estimate of drug-likeness (QED) is 0.797. The fourth-order valence-electron chi connectivity index (χ4n) is 3.15. The van der Waals surface area contributed by atoms with E-state index in [1.54, 1.807) is 0 Å². The molecule has 0 radical (unpaired) electrons. The van der Waals surface area contributed by atoms with Gasteiger partial charge in [0, 0.05) is 44.6 Å². The van der Waals surface area contributed by atoms with Crippen molar-refractivity contribution in [2.75, 3.05) is 39.4 Å². The van der Waals surface area contributed by atoms with Gasteiger partial charge in [0.2, 0.25) is 0 Å². The van der Waals surface area contributed by atoms with Crippen molar-refractivity contribution in [3.05, 3.63) is 24.0 Å². The molecular weight excluding hydrogens is 262 g/mol. The number of hydrogen-bond acceptors (Lipinski definition) is 3. The molecule has 1 atom stereocenters. The molecule has 1 aliphatic heterocycles. The topological polar surface area (TPSA) is 29.4 Å². The average molecular weight is 291 g/mol. The van der Waals surface area contributed by atoms with Crippen LogP contribution in [0, 0.1) is 5.92 Å². The molecule has 118 valence electrons. The Kier molecular flexibility index (Phi) is 5.33. The number of rotatable bonds is 8.